The van der Waals surface area contributed by atoms with E-state index in [2.05, 4.69) is 59.9 Å². The van der Waals surface area contributed by atoms with Gasteiger partial charge in [-0.2, -0.15) is 0 Å². The summed E-state index contributed by atoms with van der Waals surface area (Å²) in [6.07, 6.45) is 0. The molecule has 2 aromatic carbocycles. The second kappa shape index (κ2) is 4.22. The highest BCUT2D eigenvalue weighted by Crippen LogP contribution is 2.33. The Labute approximate surface area is 105 Å². The molecular weight excluding hydrogens is 226 g/mol. The van der Waals surface area contributed by atoms with Crippen molar-refractivity contribution >= 4 is 27.1 Å². The molecule has 1 nitrogen and oxygen atoms in total. The summed E-state index contributed by atoms with van der Waals surface area (Å²) < 4.78 is 1.35. The van der Waals surface area contributed by atoms with Gasteiger partial charge in [-0.3, -0.25) is 0 Å². The van der Waals surface area contributed by atoms with E-state index in [1.54, 1.807) is 0 Å². The van der Waals surface area contributed by atoms with Gasteiger partial charge in [-0.1, -0.05) is 30.3 Å². The van der Waals surface area contributed by atoms with Crippen molar-refractivity contribution in [1.29, 1.82) is 0 Å². The maximum absolute atomic E-state index is 3.14. The van der Waals surface area contributed by atoms with Gasteiger partial charge >= 0.3 is 0 Å². The van der Waals surface area contributed by atoms with Crippen LogP contribution in [0.5, 0.6) is 0 Å². The van der Waals surface area contributed by atoms with E-state index in [1.165, 1.54) is 20.5 Å². The van der Waals surface area contributed by atoms with Crippen molar-refractivity contribution in [2.24, 2.45) is 0 Å². The summed E-state index contributed by atoms with van der Waals surface area (Å²) in [6, 6.07) is 19.3. The van der Waals surface area contributed by atoms with Gasteiger partial charge in [0.15, 0.2) is 0 Å². The van der Waals surface area contributed by atoms with Gasteiger partial charge in [0, 0.05) is 22.3 Å². The number of benzene rings is 2. The van der Waals surface area contributed by atoms with Crippen LogP contribution in [0.4, 0.5) is 5.69 Å². The second-order valence-corrected chi connectivity index (χ2v) is 5.06. The SMILES string of the molecule is CNc1ccc(-c2cc3ccccc3s2)cc1. The van der Waals surface area contributed by atoms with Crippen LogP contribution < -0.4 is 5.32 Å². The van der Waals surface area contributed by atoms with E-state index in [-0.39, 0.29) is 0 Å². The van der Waals surface area contributed by atoms with Crippen LogP contribution in [0.1, 0.15) is 0 Å². The van der Waals surface area contributed by atoms with Crippen LogP contribution in [0, 0.1) is 0 Å². The van der Waals surface area contributed by atoms with Crippen LogP contribution in [-0.2, 0) is 0 Å². The van der Waals surface area contributed by atoms with Crippen LogP contribution in [0.15, 0.2) is 54.6 Å². The molecule has 1 N–H and O–H groups in total. The highest BCUT2D eigenvalue weighted by atomic mass is 32.1. The van der Waals surface area contributed by atoms with Gasteiger partial charge in [-0.05, 0) is 35.2 Å². The number of hydrogen-bond acceptors (Lipinski definition) is 2. The highest BCUT2D eigenvalue weighted by molar-refractivity contribution is 7.22. The summed E-state index contributed by atoms with van der Waals surface area (Å²) in [4.78, 5) is 1.33. The molecule has 3 rings (SSSR count). The summed E-state index contributed by atoms with van der Waals surface area (Å²) in [5.74, 6) is 0. The molecule has 0 spiro atoms. The number of thiophene rings is 1. The molecule has 0 aliphatic heterocycles. The fourth-order valence-corrected chi connectivity index (χ4v) is 2.99. The lowest BCUT2D eigenvalue weighted by molar-refractivity contribution is 1.52. The second-order valence-electron chi connectivity index (χ2n) is 3.98. The lowest BCUT2D eigenvalue weighted by Gasteiger charge is -2.00. The Kier molecular flexibility index (Phi) is 2.57. The Morgan fingerprint density at radius 2 is 1.71 bits per heavy atom. The summed E-state index contributed by atoms with van der Waals surface area (Å²) in [7, 11) is 1.94. The molecule has 0 unspecified atom stereocenters. The topological polar surface area (TPSA) is 12.0 Å². The van der Waals surface area contributed by atoms with Crippen LogP contribution in [0.25, 0.3) is 20.5 Å². The maximum Gasteiger partial charge on any atom is 0.0355 e. The van der Waals surface area contributed by atoms with Crippen LogP contribution in [-0.4, -0.2) is 7.05 Å². The average Bonchev–Trinajstić information content (AvgIpc) is 2.82. The standard InChI is InChI=1S/C15H13NS/c1-16-13-8-6-11(7-9-13)15-10-12-4-2-3-5-14(12)17-15/h2-10,16H,1H3. The van der Waals surface area contributed by atoms with Gasteiger partial charge in [0.2, 0.25) is 0 Å². The fourth-order valence-electron chi connectivity index (χ4n) is 1.93. The predicted molar refractivity (Wildman–Crippen MR) is 76.8 cm³/mol. The van der Waals surface area contributed by atoms with Gasteiger partial charge in [0.05, 0.1) is 0 Å². The Bertz CT molecular complexity index is 604. The molecule has 0 aliphatic carbocycles. The molecule has 0 bridgehead atoms. The first kappa shape index (κ1) is 10.4. The number of rotatable bonds is 2. The van der Waals surface area contributed by atoms with Crippen molar-refractivity contribution in [2.75, 3.05) is 12.4 Å². The van der Waals surface area contributed by atoms with Crippen molar-refractivity contribution in [3.05, 3.63) is 54.6 Å². The van der Waals surface area contributed by atoms with E-state index >= 15 is 0 Å². The molecule has 1 heterocycles. The Morgan fingerprint density at radius 1 is 0.941 bits per heavy atom. The first-order chi connectivity index (χ1) is 8.36. The average molecular weight is 239 g/mol. The molecule has 17 heavy (non-hydrogen) atoms. The van der Waals surface area contributed by atoms with E-state index in [9.17, 15) is 0 Å². The van der Waals surface area contributed by atoms with Crippen molar-refractivity contribution < 1.29 is 0 Å². The van der Waals surface area contributed by atoms with Gasteiger partial charge in [-0.15, -0.1) is 11.3 Å². The monoisotopic (exact) mass is 239 g/mol. The molecule has 0 aliphatic rings. The van der Waals surface area contributed by atoms with Gasteiger partial charge in [-0.25, -0.2) is 0 Å². The lowest BCUT2D eigenvalue weighted by Crippen LogP contribution is -1.86. The predicted octanol–water partition coefficient (Wildman–Crippen LogP) is 4.61. The first-order valence-corrected chi connectivity index (χ1v) is 6.45. The van der Waals surface area contributed by atoms with Crippen molar-refractivity contribution in [3.63, 3.8) is 0 Å². The number of hydrogen-bond donors (Lipinski definition) is 1. The summed E-state index contributed by atoms with van der Waals surface area (Å²) >= 11 is 1.84. The smallest absolute Gasteiger partial charge is 0.0355 e. The molecule has 3 aromatic rings. The Morgan fingerprint density at radius 3 is 2.41 bits per heavy atom. The van der Waals surface area contributed by atoms with Crippen LogP contribution >= 0.6 is 11.3 Å². The van der Waals surface area contributed by atoms with Gasteiger partial charge in [0.25, 0.3) is 0 Å². The molecule has 0 saturated carbocycles. The number of anilines is 1. The van der Waals surface area contributed by atoms with Crippen molar-refractivity contribution in [3.8, 4) is 10.4 Å². The Balaban J connectivity index is 2.07. The molecule has 84 valence electrons. The van der Waals surface area contributed by atoms with Crippen LogP contribution in [0.3, 0.4) is 0 Å². The summed E-state index contributed by atoms with van der Waals surface area (Å²) in [5, 5.41) is 4.46. The minimum atomic E-state index is 1.15. The molecule has 0 atom stereocenters. The quantitative estimate of drug-likeness (QED) is 0.688. The molecule has 0 radical (unpaired) electrons. The third kappa shape index (κ3) is 1.92. The molecule has 0 amide bonds. The highest BCUT2D eigenvalue weighted by Gasteiger charge is 2.03. The minimum Gasteiger partial charge on any atom is -0.388 e. The zero-order valence-corrected chi connectivity index (χ0v) is 10.4. The van der Waals surface area contributed by atoms with Crippen molar-refractivity contribution in [1.82, 2.24) is 0 Å². The van der Waals surface area contributed by atoms with E-state index in [1.807, 2.05) is 18.4 Å². The normalized spacial score (nSPS) is 10.6. The third-order valence-corrected chi connectivity index (χ3v) is 4.05. The Hall–Kier alpha value is -1.80. The van der Waals surface area contributed by atoms with E-state index in [4.69, 9.17) is 0 Å². The maximum atomic E-state index is 3.14. The van der Waals surface area contributed by atoms with Gasteiger partial charge in [0.1, 0.15) is 0 Å². The lowest BCUT2D eigenvalue weighted by atomic mass is 10.1. The molecular formula is C15H13NS. The fraction of sp³-hybridized carbons (Fsp3) is 0.0667. The first-order valence-electron chi connectivity index (χ1n) is 5.63. The number of nitrogens with one attached hydrogen (secondary N) is 1. The summed E-state index contributed by atoms with van der Waals surface area (Å²) in [6.45, 7) is 0. The number of fused-ring (bicyclic) bond motifs is 1. The van der Waals surface area contributed by atoms with Crippen LogP contribution in [0.2, 0.25) is 0 Å². The van der Waals surface area contributed by atoms with E-state index in [0.717, 1.165) is 5.69 Å². The zero-order chi connectivity index (χ0) is 11.7. The zero-order valence-electron chi connectivity index (χ0n) is 9.60. The largest absolute Gasteiger partial charge is 0.388 e. The molecule has 0 fully saturated rings. The van der Waals surface area contributed by atoms with E-state index in [0.29, 0.717) is 0 Å². The molecule has 2 heteroatoms. The summed E-state index contributed by atoms with van der Waals surface area (Å²) in [5.41, 5.74) is 2.43. The molecule has 1 aromatic heterocycles. The van der Waals surface area contributed by atoms with Gasteiger partial charge < -0.3 is 5.32 Å². The third-order valence-electron chi connectivity index (χ3n) is 2.88. The minimum absolute atomic E-state index is 1.15. The molecule has 0 saturated heterocycles. The van der Waals surface area contributed by atoms with E-state index < -0.39 is 0 Å². The van der Waals surface area contributed by atoms with Crippen molar-refractivity contribution in [2.45, 2.75) is 0 Å².